The molecule has 0 fully saturated rings. The molecule has 0 aliphatic carbocycles. The lowest BCUT2D eigenvalue weighted by Gasteiger charge is -2.35. The molecule has 0 aliphatic rings. The Kier molecular flexibility index (Phi) is 5.64. The van der Waals surface area contributed by atoms with Gasteiger partial charge in [-0.15, -0.1) is 0 Å². The van der Waals surface area contributed by atoms with Crippen molar-refractivity contribution in [1.82, 2.24) is 10.6 Å². The summed E-state index contributed by atoms with van der Waals surface area (Å²) >= 11 is 0. The molecule has 18 heavy (non-hydrogen) atoms. The number of amides is 2. The third-order valence-corrected chi connectivity index (χ3v) is 2.73. The molecule has 106 valence electrons. The zero-order chi connectivity index (χ0) is 14.6. The van der Waals surface area contributed by atoms with Crippen LogP contribution < -0.4 is 10.6 Å². The van der Waals surface area contributed by atoms with Crippen molar-refractivity contribution in [3.8, 4) is 0 Å². The van der Waals surface area contributed by atoms with Crippen LogP contribution in [0.5, 0.6) is 0 Å². The van der Waals surface area contributed by atoms with Crippen LogP contribution >= 0.6 is 0 Å². The van der Waals surface area contributed by atoms with Gasteiger partial charge in [-0.3, -0.25) is 4.79 Å². The molecule has 0 radical (unpaired) electrons. The SMILES string of the molecule is CC(=O)NC(C)(CNC(=O)OC(C)(C)C)C(C)C. The predicted octanol–water partition coefficient (Wildman–Crippen LogP) is 2.06. The number of rotatable bonds is 4. The van der Waals surface area contributed by atoms with E-state index >= 15 is 0 Å². The largest absolute Gasteiger partial charge is 0.444 e. The van der Waals surface area contributed by atoms with Crippen molar-refractivity contribution in [3.63, 3.8) is 0 Å². The Labute approximate surface area is 110 Å². The molecule has 0 saturated heterocycles. The zero-order valence-corrected chi connectivity index (χ0v) is 12.5. The van der Waals surface area contributed by atoms with E-state index in [1.54, 1.807) is 0 Å². The first-order chi connectivity index (χ1) is 7.96. The highest BCUT2D eigenvalue weighted by Crippen LogP contribution is 2.16. The summed E-state index contributed by atoms with van der Waals surface area (Å²) in [5.74, 6) is 0.0773. The van der Waals surface area contributed by atoms with E-state index in [0.717, 1.165) is 0 Å². The standard InChI is InChI=1S/C13H26N2O3/c1-9(2)13(7,15-10(3)16)8-14-11(17)18-12(4,5)6/h9H,8H2,1-7H3,(H,14,17)(H,15,16). The number of hydrogen-bond donors (Lipinski definition) is 2. The average molecular weight is 258 g/mol. The molecule has 0 bridgehead atoms. The second-order valence-corrected chi connectivity index (χ2v) is 6.11. The molecule has 0 aromatic carbocycles. The molecule has 0 aromatic rings. The van der Waals surface area contributed by atoms with Crippen molar-refractivity contribution in [1.29, 1.82) is 0 Å². The van der Waals surface area contributed by atoms with Gasteiger partial charge in [-0.05, 0) is 33.6 Å². The van der Waals surface area contributed by atoms with Gasteiger partial charge >= 0.3 is 6.09 Å². The van der Waals surface area contributed by atoms with Crippen LogP contribution in [0.25, 0.3) is 0 Å². The normalized spacial score (nSPS) is 14.9. The number of ether oxygens (including phenoxy) is 1. The first-order valence-electron chi connectivity index (χ1n) is 6.22. The van der Waals surface area contributed by atoms with Crippen molar-refractivity contribution in [2.24, 2.45) is 5.92 Å². The van der Waals surface area contributed by atoms with Crippen LogP contribution in [0.4, 0.5) is 4.79 Å². The van der Waals surface area contributed by atoms with Crippen molar-refractivity contribution in [3.05, 3.63) is 0 Å². The Hall–Kier alpha value is -1.26. The van der Waals surface area contributed by atoms with E-state index in [1.165, 1.54) is 6.92 Å². The Morgan fingerprint density at radius 1 is 1.17 bits per heavy atom. The van der Waals surface area contributed by atoms with Crippen LogP contribution in [-0.2, 0) is 9.53 Å². The van der Waals surface area contributed by atoms with Gasteiger partial charge in [0.05, 0.1) is 5.54 Å². The zero-order valence-electron chi connectivity index (χ0n) is 12.5. The summed E-state index contributed by atoms with van der Waals surface area (Å²) in [6, 6.07) is 0. The van der Waals surface area contributed by atoms with E-state index < -0.39 is 17.2 Å². The number of alkyl carbamates (subject to hydrolysis) is 1. The van der Waals surface area contributed by atoms with E-state index in [1.807, 2.05) is 41.5 Å². The maximum atomic E-state index is 11.6. The second kappa shape index (κ2) is 6.07. The van der Waals surface area contributed by atoms with Crippen LogP contribution in [-0.4, -0.2) is 29.7 Å². The van der Waals surface area contributed by atoms with Gasteiger partial charge < -0.3 is 15.4 Å². The summed E-state index contributed by atoms with van der Waals surface area (Å²) in [6.45, 7) is 13.1. The minimum absolute atomic E-state index is 0.114. The lowest BCUT2D eigenvalue weighted by atomic mass is 9.88. The minimum Gasteiger partial charge on any atom is -0.444 e. The van der Waals surface area contributed by atoms with Gasteiger partial charge in [0.15, 0.2) is 0 Å². The summed E-state index contributed by atoms with van der Waals surface area (Å²) in [4.78, 5) is 22.7. The third kappa shape index (κ3) is 6.47. The molecule has 5 nitrogen and oxygen atoms in total. The summed E-state index contributed by atoms with van der Waals surface area (Å²) in [5, 5.41) is 5.56. The van der Waals surface area contributed by atoms with E-state index in [0.29, 0.717) is 6.54 Å². The van der Waals surface area contributed by atoms with Crippen LogP contribution in [0.3, 0.4) is 0 Å². The van der Waals surface area contributed by atoms with Gasteiger partial charge in [0, 0.05) is 13.5 Å². The molecule has 0 heterocycles. The second-order valence-electron chi connectivity index (χ2n) is 6.11. The maximum Gasteiger partial charge on any atom is 0.407 e. The molecule has 0 spiro atoms. The first-order valence-corrected chi connectivity index (χ1v) is 6.22. The van der Waals surface area contributed by atoms with Crippen molar-refractivity contribution in [2.75, 3.05) is 6.54 Å². The van der Waals surface area contributed by atoms with Crippen molar-refractivity contribution < 1.29 is 14.3 Å². The summed E-state index contributed by atoms with van der Waals surface area (Å²) in [6.07, 6.45) is -0.472. The van der Waals surface area contributed by atoms with Gasteiger partial charge in [-0.2, -0.15) is 0 Å². The summed E-state index contributed by atoms with van der Waals surface area (Å²) in [7, 11) is 0. The van der Waals surface area contributed by atoms with Gasteiger partial charge in [0.25, 0.3) is 0 Å². The first kappa shape index (κ1) is 16.7. The molecule has 0 aromatic heterocycles. The number of hydrogen-bond acceptors (Lipinski definition) is 3. The molecule has 1 unspecified atom stereocenters. The number of carbonyl (C=O) groups excluding carboxylic acids is 2. The van der Waals surface area contributed by atoms with Crippen molar-refractivity contribution >= 4 is 12.0 Å². The smallest absolute Gasteiger partial charge is 0.407 e. The molecule has 2 N–H and O–H groups in total. The Bertz CT molecular complexity index is 308. The van der Waals surface area contributed by atoms with E-state index in [4.69, 9.17) is 4.74 Å². The lowest BCUT2D eigenvalue weighted by Crippen LogP contribution is -2.56. The fourth-order valence-electron chi connectivity index (χ4n) is 1.36. The highest BCUT2D eigenvalue weighted by Gasteiger charge is 2.30. The molecular formula is C13H26N2O3. The Morgan fingerprint density at radius 2 is 1.67 bits per heavy atom. The topological polar surface area (TPSA) is 67.4 Å². The van der Waals surface area contributed by atoms with E-state index in [-0.39, 0.29) is 11.8 Å². The van der Waals surface area contributed by atoms with Gasteiger partial charge in [0.1, 0.15) is 5.60 Å². The van der Waals surface area contributed by atoms with Gasteiger partial charge in [0.2, 0.25) is 5.91 Å². The minimum atomic E-state index is -0.522. The summed E-state index contributed by atoms with van der Waals surface area (Å²) < 4.78 is 5.16. The third-order valence-electron chi connectivity index (χ3n) is 2.73. The fraction of sp³-hybridized carbons (Fsp3) is 0.846. The molecule has 0 rings (SSSR count). The van der Waals surface area contributed by atoms with Crippen LogP contribution in [0, 0.1) is 5.92 Å². The van der Waals surface area contributed by atoms with Gasteiger partial charge in [-0.1, -0.05) is 13.8 Å². The maximum absolute atomic E-state index is 11.6. The monoisotopic (exact) mass is 258 g/mol. The van der Waals surface area contributed by atoms with Crippen LogP contribution in [0.15, 0.2) is 0 Å². The summed E-state index contributed by atoms with van der Waals surface area (Å²) in [5.41, 5.74) is -1.00. The van der Waals surface area contributed by atoms with Crippen LogP contribution in [0.2, 0.25) is 0 Å². The molecule has 2 amide bonds. The quantitative estimate of drug-likeness (QED) is 0.811. The molecule has 5 heteroatoms. The lowest BCUT2D eigenvalue weighted by molar-refractivity contribution is -0.121. The fourth-order valence-corrected chi connectivity index (χ4v) is 1.36. The molecule has 0 saturated carbocycles. The average Bonchev–Trinajstić information content (AvgIpc) is 2.10. The molecule has 0 aliphatic heterocycles. The highest BCUT2D eigenvalue weighted by atomic mass is 16.6. The molecular weight excluding hydrogens is 232 g/mol. The predicted molar refractivity (Wildman–Crippen MR) is 71.3 cm³/mol. The van der Waals surface area contributed by atoms with Crippen LogP contribution in [0.1, 0.15) is 48.5 Å². The molecule has 1 atom stereocenters. The van der Waals surface area contributed by atoms with E-state index in [9.17, 15) is 9.59 Å². The number of carbonyl (C=O) groups is 2. The Balaban J connectivity index is 4.45. The van der Waals surface area contributed by atoms with E-state index in [2.05, 4.69) is 10.6 Å². The highest BCUT2D eigenvalue weighted by molar-refractivity contribution is 5.74. The van der Waals surface area contributed by atoms with Crippen molar-refractivity contribution in [2.45, 2.75) is 59.6 Å². The van der Waals surface area contributed by atoms with Gasteiger partial charge in [-0.25, -0.2) is 4.79 Å². The Morgan fingerprint density at radius 3 is 2.00 bits per heavy atom. The number of nitrogens with one attached hydrogen (secondary N) is 2.